The molecule has 0 fully saturated rings. The molecule has 0 bridgehead atoms. The van der Waals surface area contributed by atoms with Crippen LogP contribution in [0.2, 0.25) is 10.0 Å². The average Bonchev–Trinajstić information content (AvgIpc) is 2.82. The zero-order chi connectivity index (χ0) is 13.7. The van der Waals surface area contributed by atoms with Gasteiger partial charge < -0.3 is 15.0 Å². The number of aromatic nitrogens is 2. The summed E-state index contributed by atoms with van der Waals surface area (Å²) >= 11 is 11.9. The van der Waals surface area contributed by atoms with Crippen molar-refractivity contribution in [2.24, 2.45) is 0 Å². The Balaban J connectivity index is 2.03. The minimum atomic E-state index is 0.596. The highest BCUT2D eigenvalue weighted by Gasteiger charge is 2.05. The number of nitrogens with one attached hydrogen (secondary N) is 2. The number of halogens is 2. The normalized spacial score (nSPS) is 10.9. The Bertz CT molecular complexity index is 522. The molecule has 0 aliphatic carbocycles. The van der Waals surface area contributed by atoms with Gasteiger partial charge in [0.15, 0.2) is 0 Å². The van der Waals surface area contributed by atoms with Crippen LogP contribution in [0, 0.1) is 0 Å². The van der Waals surface area contributed by atoms with Crippen LogP contribution in [-0.4, -0.2) is 30.2 Å². The zero-order valence-electron chi connectivity index (χ0n) is 10.5. The Labute approximate surface area is 122 Å². The van der Waals surface area contributed by atoms with Gasteiger partial charge in [-0.25, -0.2) is 4.98 Å². The van der Waals surface area contributed by atoms with Gasteiger partial charge in [-0.3, -0.25) is 0 Å². The highest BCUT2D eigenvalue weighted by Crippen LogP contribution is 2.25. The van der Waals surface area contributed by atoms with Crippen LogP contribution in [0.25, 0.3) is 11.4 Å². The molecule has 4 nitrogen and oxygen atoms in total. The summed E-state index contributed by atoms with van der Waals surface area (Å²) in [6.07, 6.45) is 1.80. The first-order chi connectivity index (χ1) is 9.19. The third-order valence-corrected chi connectivity index (χ3v) is 3.00. The van der Waals surface area contributed by atoms with Crippen molar-refractivity contribution in [3.63, 3.8) is 0 Å². The average molecular weight is 300 g/mol. The fraction of sp³-hybridized carbons (Fsp3) is 0.308. The van der Waals surface area contributed by atoms with Gasteiger partial charge in [-0.05, 0) is 18.2 Å². The molecule has 102 valence electrons. The smallest absolute Gasteiger partial charge is 0.137 e. The predicted molar refractivity (Wildman–Crippen MR) is 77.6 cm³/mol. The van der Waals surface area contributed by atoms with E-state index >= 15 is 0 Å². The van der Waals surface area contributed by atoms with Crippen LogP contribution in [-0.2, 0) is 11.3 Å². The standard InChI is InChI=1S/C13H15Cl2N3O/c1-19-3-2-16-7-12-8-17-13(18-12)9-4-10(14)6-11(15)5-9/h4-6,8,16H,2-3,7H2,1H3,(H,17,18). The second kappa shape index (κ2) is 6.91. The Morgan fingerprint density at radius 2 is 2.00 bits per heavy atom. The van der Waals surface area contributed by atoms with Gasteiger partial charge in [-0.1, -0.05) is 23.2 Å². The second-order valence-electron chi connectivity index (χ2n) is 4.08. The van der Waals surface area contributed by atoms with Crippen LogP contribution in [0.4, 0.5) is 0 Å². The summed E-state index contributed by atoms with van der Waals surface area (Å²) in [7, 11) is 1.68. The van der Waals surface area contributed by atoms with Crippen LogP contribution >= 0.6 is 23.2 Å². The molecule has 2 N–H and O–H groups in total. The van der Waals surface area contributed by atoms with Crippen molar-refractivity contribution in [1.82, 2.24) is 15.3 Å². The topological polar surface area (TPSA) is 49.9 Å². The summed E-state index contributed by atoms with van der Waals surface area (Å²) in [5.41, 5.74) is 1.88. The molecule has 19 heavy (non-hydrogen) atoms. The first-order valence-electron chi connectivity index (χ1n) is 5.89. The van der Waals surface area contributed by atoms with E-state index < -0.39 is 0 Å². The van der Waals surface area contributed by atoms with Gasteiger partial charge in [0.05, 0.1) is 6.61 Å². The van der Waals surface area contributed by atoms with Crippen LogP contribution in [0.15, 0.2) is 24.4 Å². The van der Waals surface area contributed by atoms with Crippen molar-refractivity contribution >= 4 is 23.2 Å². The maximum atomic E-state index is 5.97. The molecule has 2 aromatic rings. The summed E-state index contributed by atoms with van der Waals surface area (Å²) in [4.78, 5) is 7.55. The number of ether oxygens (including phenoxy) is 1. The summed E-state index contributed by atoms with van der Waals surface area (Å²) in [6.45, 7) is 2.20. The molecular formula is C13H15Cl2N3O. The second-order valence-corrected chi connectivity index (χ2v) is 4.96. The third-order valence-electron chi connectivity index (χ3n) is 2.56. The van der Waals surface area contributed by atoms with E-state index in [1.54, 1.807) is 19.4 Å². The Kier molecular flexibility index (Phi) is 5.22. The molecule has 2 rings (SSSR count). The number of benzene rings is 1. The van der Waals surface area contributed by atoms with Crippen LogP contribution < -0.4 is 5.32 Å². The van der Waals surface area contributed by atoms with Crippen molar-refractivity contribution in [1.29, 1.82) is 0 Å². The number of H-pyrrole nitrogens is 1. The first-order valence-corrected chi connectivity index (χ1v) is 6.64. The number of rotatable bonds is 6. The lowest BCUT2D eigenvalue weighted by Gasteiger charge is -2.02. The Hall–Kier alpha value is -1.07. The Morgan fingerprint density at radius 1 is 1.26 bits per heavy atom. The van der Waals surface area contributed by atoms with Crippen LogP contribution in [0.3, 0.4) is 0 Å². The molecule has 0 radical (unpaired) electrons. The molecule has 0 spiro atoms. The lowest BCUT2D eigenvalue weighted by molar-refractivity contribution is 0.199. The van der Waals surface area contributed by atoms with Crippen molar-refractivity contribution < 1.29 is 4.74 Å². The van der Waals surface area contributed by atoms with Gasteiger partial charge in [-0.15, -0.1) is 0 Å². The molecule has 0 amide bonds. The van der Waals surface area contributed by atoms with Crippen LogP contribution in [0.5, 0.6) is 0 Å². The minimum Gasteiger partial charge on any atom is -0.383 e. The van der Waals surface area contributed by atoms with Crippen molar-refractivity contribution in [2.45, 2.75) is 6.54 Å². The molecule has 0 aliphatic heterocycles. The first kappa shape index (κ1) is 14.3. The van der Waals surface area contributed by atoms with Gasteiger partial charge in [0.2, 0.25) is 0 Å². The van der Waals surface area contributed by atoms with Gasteiger partial charge in [0, 0.05) is 47.7 Å². The largest absolute Gasteiger partial charge is 0.383 e. The van der Waals surface area contributed by atoms with E-state index in [4.69, 9.17) is 27.9 Å². The molecular weight excluding hydrogens is 285 g/mol. The molecule has 1 heterocycles. The molecule has 1 aromatic heterocycles. The summed E-state index contributed by atoms with van der Waals surface area (Å²) in [6, 6.07) is 5.35. The number of aromatic amines is 1. The van der Waals surface area contributed by atoms with Crippen molar-refractivity contribution in [2.75, 3.05) is 20.3 Å². The summed E-state index contributed by atoms with van der Waals surface area (Å²) in [5.74, 6) is 0.757. The van der Waals surface area contributed by atoms with E-state index in [0.29, 0.717) is 23.2 Å². The monoisotopic (exact) mass is 299 g/mol. The lowest BCUT2D eigenvalue weighted by Crippen LogP contribution is -2.18. The molecule has 0 aliphatic rings. The SMILES string of the molecule is COCCNCc1cnc(-c2cc(Cl)cc(Cl)c2)[nH]1. The van der Waals surface area contributed by atoms with E-state index in [1.165, 1.54) is 0 Å². The van der Waals surface area contributed by atoms with Crippen LogP contribution in [0.1, 0.15) is 5.69 Å². The minimum absolute atomic E-state index is 0.596. The molecule has 1 aromatic carbocycles. The maximum absolute atomic E-state index is 5.97. The van der Waals surface area contributed by atoms with Crippen molar-refractivity contribution in [3.8, 4) is 11.4 Å². The highest BCUT2D eigenvalue weighted by molar-refractivity contribution is 6.35. The maximum Gasteiger partial charge on any atom is 0.137 e. The van der Waals surface area contributed by atoms with E-state index in [-0.39, 0.29) is 0 Å². The van der Waals surface area contributed by atoms with E-state index in [2.05, 4.69) is 15.3 Å². The number of nitrogens with zero attached hydrogens (tertiary/aromatic N) is 1. The van der Waals surface area contributed by atoms with Gasteiger partial charge in [0.25, 0.3) is 0 Å². The lowest BCUT2D eigenvalue weighted by atomic mass is 10.2. The Morgan fingerprint density at radius 3 is 2.68 bits per heavy atom. The van der Waals surface area contributed by atoms with E-state index in [0.717, 1.165) is 23.6 Å². The molecule has 0 saturated carbocycles. The summed E-state index contributed by atoms with van der Waals surface area (Å²) in [5, 5.41) is 4.43. The molecule has 0 unspecified atom stereocenters. The number of hydrogen-bond donors (Lipinski definition) is 2. The number of methoxy groups -OCH3 is 1. The van der Waals surface area contributed by atoms with E-state index in [1.807, 2.05) is 12.1 Å². The fourth-order valence-corrected chi connectivity index (χ4v) is 2.21. The highest BCUT2D eigenvalue weighted by atomic mass is 35.5. The van der Waals surface area contributed by atoms with Gasteiger partial charge >= 0.3 is 0 Å². The van der Waals surface area contributed by atoms with Gasteiger partial charge in [-0.2, -0.15) is 0 Å². The van der Waals surface area contributed by atoms with Crippen molar-refractivity contribution in [3.05, 3.63) is 40.1 Å². The van der Waals surface area contributed by atoms with Gasteiger partial charge in [0.1, 0.15) is 5.82 Å². The third kappa shape index (κ3) is 4.21. The molecule has 0 saturated heterocycles. The fourth-order valence-electron chi connectivity index (χ4n) is 1.68. The molecule has 0 atom stereocenters. The zero-order valence-corrected chi connectivity index (χ0v) is 12.1. The predicted octanol–water partition coefficient (Wildman–Crippen LogP) is 3.12. The summed E-state index contributed by atoms with van der Waals surface area (Å²) < 4.78 is 4.96. The quantitative estimate of drug-likeness (QED) is 0.806. The number of imidazole rings is 1. The number of hydrogen-bond acceptors (Lipinski definition) is 3. The van der Waals surface area contributed by atoms with E-state index in [9.17, 15) is 0 Å². The molecule has 6 heteroatoms.